The Morgan fingerprint density at radius 2 is 2.20 bits per heavy atom. The van der Waals surface area contributed by atoms with Crippen LogP contribution < -0.4 is 10.1 Å². The summed E-state index contributed by atoms with van der Waals surface area (Å²) in [6, 6.07) is 7.73. The van der Waals surface area contributed by atoms with Gasteiger partial charge in [-0.15, -0.1) is 0 Å². The first-order valence-electron chi connectivity index (χ1n) is 7.28. The Labute approximate surface area is 120 Å². The first-order valence-corrected chi connectivity index (χ1v) is 7.28. The molecule has 1 aliphatic rings. The number of aryl methyl sites for hydroxylation is 1. The minimum atomic E-state index is -0.114. The Hall–Kier alpha value is -1.55. The first-order chi connectivity index (χ1) is 9.69. The fourth-order valence-corrected chi connectivity index (χ4v) is 2.72. The number of nitrogens with one attached hydrogen (secondary N) is 1. The molecule has 1 fully saturated rings. The monoisotopic (exact) mass is 277 g/mol. The SMILES string of the molecule is Cc1cccc(OCC(=O)NC2CCCCC2CO)c1. The average Bonchev–Trinajstić information content (AvgIpc) is 2.46. The molecule has 0 spiro atoms. The van der Waals surface area contributed by atoms with Crippen molar-refractivity contribution in [1.29, 1.82) is 0 Å². The van der Waals surface area contributed by atoms with Crippen molar-refractivity contribution < 1.29 is 14.6 Å². The molecule has 1 saturated carbocycles. The van der Waals surface area contributed by atoms with Crippen LogP contribution in [0.5, 0.6) is 5.75 Å². The summed E-state index contributed by atoms with van der Waals surface area (Å²) in [5.74, 6) is 0.783. The summed E-state index contributed by atoms with van der Waals surface area (Å²) in [6.45, 7) is 2.16. The highest BCUT2D eigenvalue weighted by atomic mass is 16.5. The zero-order valence-corrected chi connectivity index (χ0v) is 12.0. The van der Waals surface area contributed by atoms with Gasteiger partial charge in [-0.25, -0.2) is 0 Å². The fraction of sp³-hybridized carbons (Fsp3) is 0.562. The molecule has 0 aromatic heterocycles. The molecular weight excluding hydrogens is 254 g/mol. The van der Waals surface area contributed by atoms with E-state index in [9.17, 15) is 9.90 Å². The Kier molecular flexibility index (Phi) is 5.41. The summed E-state index contributed by atoms with van der Waals surface area (Å²) in [7, 11) is 0. The number of benzene rings is 1. The predicted molar refractivity (Wildman–Crippen MR) is 77.6 cm³/mol. The fourth-order valence-electron chi connectivity index (χ4n) is 2.72. The van der Waals surface area contributed by atoms with Crippen LogP contribution in [0.15, 0.2) is 24.3 Å². The van der Waals surface area contributed by atoms with Crippen molar-refractivity contribution in [1.82, 2.24) is 5.32 Å². The molecule has 0 aliphatic heterocycles. The zero-order valence-electron chi connectivity index (χ0n) is 12.0. The summed E-state index contributed by atoms with van der Waals surface area (Å²) in [4.78, 5) is 11.9. The molecule has 0 saturated heterocycles. The Bertz CT molecular complexity index is 447. The second-order valence-corrected chi connectivity index (χ2v) is 5.51. The molecule has 1 amide bonds. The molecule has 1 aromatic carbocycles. The van der Waals surface area contributed by atoms with E-state index in [-0.39, 0.29) is 31.1 Å². The van der Waals surface area contributed by atoms with Crippen LogP contribution in [0.3, 0.4) is 0 Å². The molecule has 0 heterocycles. The number of aliphatic hydroxyl groups excluding tert-OH is 1. The van der Waals surface area contributed by atoms with Gasteiger partial charge in [-0.1, -0.05) is 25.0 Å². The summed E-state index contributed by atoms with van der Waals surface area (Å²) < 4.78 is 5.48. The lowest BCUT2D eigenvalue weighted by Crippen LogP contribution is -2.45. The van der Waals surface area contributed by atoms with E-state index >= 15 is 0 Å². The van der Waals surface area contributed by atoms with Gasteiger partial charge in [0.1, 0.15) is 5.75 Å². The van der Waals surface area contributed by atoms with Crippen molar-refractivity contribution in [2.45, 2.75) is 38.6 Å². The summed E-state index contributed by atoms with van der Waals surface area (Å²) in [6.07, 6.45) is 4.18. The quantitative estimate of drug-likeness (QED) is 0.866. The van der Waals surface area contributed by atoms with E-state index in [2.05, 4.69) is 5.32 Å². The maximum Gasteiger partial charge on any atom is 0.258 e. The molecule has 1 aromatic rings. The molecule has 0 bridgehead atoms. The minimum absolute atomic E-state index is 0.0259. The van der Waals surface area contributed by atoms with Gasteiger partial charge in [0, 0.05) is 18.6 Å². The molecular formula is C16H23NO3. The van der Waals surface area contributed by atoms with Gasteiger partial charge in [0.15, 0.2) is 6.61 Å². The van der Waals surface area contributed by atoms with E-state index in [4.69, 9.17) is 4.74 Å². The highest BCUT2D eigenvalue weighted by molar-refractivity contribution is 5.77. The van der Waals surface area contributed by atoms with Crippen molar-refractivity contribution in [3.8, 4) is 5.75 Å². The van der Waals surface area contributed by atoms with Gasteiger partial charge in [0.05, 0.1) is 0 Å². The highest BCUT2D eigenvalue weighted by Crippen LogP contribution is 2.23. The molecule has 4 nitrogen and oxygen atoms in total. The van der Waals surface area contributed by atoms with Crippen LogP contribution in [0.1, 0.15) is 31.2 Å². The van der Waals surface area contributed by atoms with Gasteiger partial charge in [-0.05, 0) is 37.5 Å². The maximum absolute atomic E-state index is 11.9. The number of hydrogen-bond acceptors (Lipinski definition) is 3. The summed E-state index contributed by atoms with van der Waals surface area (Å²) in [5, 5.41) is 12.3. The van der Waals surface area contributed by atoms with Gasteiger partial charge < -0.3 is 15.2 Å². The smallest absolute Gasteiger partial charge is 0.258 e. The van der Waals surface area contributed by atoms with Crippen LogP contribution in [0, 0.1) is 12.8 Å². The topological polar surface area (TPSA) is 58.6 Å². The molecule has 2 atom stereocenters. The van der Waals surface area contributed by atoms with E-state index < -0.39 is 0 Å². The van der Waals surface area contributed by atoms with E-state index in [0.29, 0.717) is 5.75 Å². The Morgan fingerprint density at radius 1 is 1.40 bits per heavy atom. The van der Waals surface area contributed by atoms with Crippen molar-refractivity contribution in [2.75, 3.05) is 13.2 Å². The normalized spacial score (nSPS) is 22.3. The van der Waals surface area contributed by atoms with Crippen LogP contribution in [0.25, 0.3) is 0 Å². The minimum Gasteiger partial charge on any atom is -0.484 e. The van der Waals surface area contributed by atoms with Crippen LogP contribution >= 0.6 is 0 Å². The third-order valence-corrected chi connectivity index (χ3v) is 3.85. The van der Waals surface area contributed by atoms with E-state index in [0.717, 1.165) is 31.2 Å². The molecule has 2 unspecified atom stereocenters. The highest BCUT2D eigenvalue weighted by Gasteiger charge is 2.25. The lowest BCUT2D eigenvalue weighted by molar-refractivity contribution is -0.124. The van der Waals surface area contributed by atoms with Crippen LogP contribution in [0.4, 0.5) is 0 Å². The number of ether oxygens (including phenoxy) is 1. The average molecular weight is 277 g/mol. The molecule has 110 valence electrons. The van der Waals surface area contributed by atoms with Crippen molar-refractivity contribution >= 4 is 5.91 Å². The van der Waals surface area contributed by atoms with Gasteiger partial charge in [-0.3, -0.25) is 4.79 Å². The van der Waals surface area contributed by atoms with E-state index in [1.807, 2.05) is 31.2 Å². The van der Waals surface area contributed by atoms with Gasteiger partial charge in [0.25, 0.3) is 5.91 Å². The number of carbonyl (C=O) groups is 1. The van der Waals surface area contributed by atoms with Crippen molar-refractivity contribution in [2.24, 2.45) is 5.92 Å². The zero-order chi connectivity index (χ0) is 14.4. The lowest BCUT2D eigenvalue weighted by atomic mass is 9.85. The number of aliphatic hydroxyl groups is 1. The largest absolute Gasteiger partial charge is 0.484 e. The molecule has 2 N–H and O–H groups in total. The van der Waals surface area contributed by atoms with Gasteiger partial charge in [-0.2, -0.15) is 0 Å². The third kappa shape index (κ3) is 4.23. The van der Waals surface area contributed by atoms with Gasteiger partial charge in [0.2, 0.25) is 0 Å². The second-order valence-electron chi connectivity index (χ2n) is 5.51. The molecule has 2 rings (SSSR count). The van der Waals surface area contributed by atoms with Gasteiger partial charge >= 0.3 is 0 Å². The van der Waals surface area contributed by atoms with Crippen LogP contribution in [-0.4, -0.2) is 30.3 Å². The predicted octanol–water partition coefficient (Wildman–Crippen LogP) is 2.04. The van der Waals surface area contributed by atoms with Crippen molar-refractivity contribution in [3.05, 3.63) is 29.8 Å². The molecule has 1 aliphatic carbocycles. The second kappa shape index (κ2) is 7.29. The Morgan fingerprint density at radius 3 is 2.95 bits per heavy atom. The third-order valence-electron chi connectivity index (χ3n) is 3.85. The number of carbonyl (C=O) groups excluding carboxylic acids is 1. The summed E-state index contributed by atoms with van der Waals surface area (Å²) in [5.41, 5.74) is 1.11. The van der Waals surface area contributed by atoms with E-state index in [1.54, 1.807) is 0 Å². The van der Waals surface area contributed by atoms with Crippen LogP contribution in [0.2, 0.25) is 0 Å². The van der Waals surface area contributed by atoms with E-state index in [1.165, 1.54) is 0 Å². The molecule has 0 radical (unpaired) electrons. The first kappa shape index (κ1) is 14.9. The summed E-state index contributed by atoms with van der Waals surface area (Å²) >= 11 is 0. The number of rotatable bonds is 5. The lowest BCUT2D eigenvalue weighted by Gasteiger charge is -2.30. The maximum atomic E-state index is 11.9. The Balaban J connectivity index is 1.80. The molecule has 20 heavy (non-hydrogen) atoms. The number of amides is 1. The standard InChI is InChI=1S/C16H23NO3/c1-12-5-4-7-14(9-12)20-11-16(19)17-15-8-3-2-6-13(15)10-18/h4-5,7,9,13,15,18H,2-3,6,8,10-11H2,1H3,(H,17,19). The molecule has 4 heteroatoms. The van der Waals surface area contributed by atoms with Crippen LogP contribution in [-0.2, 0) is 4.79 Å². The number of hydrogen-bond donors (Lipinski definition) is 2. The van der Waals surface area contributed by atoms with Crippen molar-refractivity contribution in [3.63, 3.8) is 0 Å².